The molecule has 1 aromatic rings. The number of ether oxygens (including phenoxy) is 1. The number of nitriles is 1. The summed E-state index contributed by atoms with van der Waals surface area (Å²) in [5.74, 6) is 0.434. The van der Waals surface area contributed by atoms with Gasteiger partial charge < -0.3 is 15.0 Å². The SMILES string of the molecule is CC(C)(C)OC(=O)NCC1CCCN(C2CCN(c3ccc(C#N)cc3)C2=O)C1. The first-order valence-electron chi connectivity index (χ1n) is 10.3. The van der Waals surface area contributed by atoms with Crippen LogP contribution in [-0.2, 0) is 9.53 Å². The molecule has 1 aromatic carbocycles. The van der Waals surface area contributed by atoms with Gasteiger partial charge >= 0.3 is 6.09 Å². The van der Waals surface area contributed by atoms with Crippen molar-refractivity contribution in [2.75, 3.05) is 31.1 Å². The molecule has 29 heavy (non-hydrogen) atoms. The topological polar surface area (TPSA) is 85.7 Å². The zero-order valence-corrected chi connectivity index (χ0v) is 17.5. The molecule has 1 N–H and O–H groups in total. The second-order valence-corrected chi connectivity index (χ2v) is 8.84. The fourth-order valence-corrected chi connectivity index (χ4v) is 4.06. The maximum atomic E-state index is 13.0. The maximum Gasteiger partial charge on any atom is 0.407 e. The van der Waals surface area contributed by atoms with Crippen molar-refractivity contribution in [1.29, 1.82) is 5.26 Å². The van der Waals surface area contributed by atoms with E-state index in [1.165, 1.54) is 0 Å². The zero-order chi connectivity index (χ0) is 21.0. The molecule has 2 fully saturated rings. The van der Waals surface area contributed by atoms with Crippen LogP contribution in [0.3, 0.4) is 0 Å². The van der Waals surface area contributed by atoms with Crippen LogP contribution in [0.5, 0.6) is 0 Å². The highest BCUT2D eigenvalue weighted by atomic mass is 16.6. The first kappa shape index (κ1) is 21.1. The quantitative estimate of drug-likeness (QED) is 0.843. The third-order valence-electron chi connectivity index (χ3n) is 5.41. The van der Waals surface area contributed by atoms with E-state index in [1.807, 2.05) is 37.8 Å². The largest absolute Gasteiger partial charge is 0.444 e. The van der Waals surface area contributed by atoms with Crippen molar-refractivity contribution in [1.82, 2.24) is 10.2 Å². The van der Waals surface area contributed by atoms with Gasteiger partial charge in [-0.25, -0.2) is 4.79 Å². The molecule has 2 aliphatic rings. The van der Waals surface area contributed by atoms with Gasteiger partial charge in [-0.3, -0.25) is 9.69 Å². The Hall–Kier alpha value is -2.59. The molecule has 2 aliphatic heterocycles. The summed E-state index contributed by atoms with van der Waals surface area (Å²) in [7, 11) is 0. The lowest BCUT2D eigenvalue weighted by Crippen LogP contribution is -2.49. The van der Waals surface area contributed by atoms with Crippen LogP contribution in [-0.4, -0.2) is 54.7 Å². The molecule has 2 atom stereocenters. The van der Waals surface area contributed by atoms with Crippen molar-refractivity contribution in [2.45, 2.75) is 51.7 Å². The fourth-order valence-electron chi connectivity index (χ4n) is 4.06. The predicted octanol–water partition coefficient (Wildman–Crippen LogP) is 2.90. The van der Waals surface area contributed by atoms with Crippen molar-refractivity contribution >= 4 is 17.7 Å². The Morgan fingerprint density at radius 1 is 1.24 bits per heavy atom. The molecule has 0 saturated carbocycles. The molecule has 3 rings (SSSR count). The zero-order valence-electron chi connectivity index (χ0n) is 17.5. The van der Waals surface area contributed by atoms with Crippen LogP contribution in [0.2, 0.25) is 0 Å². The van der Waals surface area contributed by atoms with E-state index in [-0.39, 0.29) is 11.9 Å². The highest BCUT2D eigenvalue weighted by Crippen LogP contribution is 2.28. The highest BCUT2D eigenvalue weighted by Gasteiger charge is 2.38. The molecule has 0 aliphatic carbocycles. The maximum absolute atomic E-state index is 13.0. The van der Waals surface area contributed by atoms with E-state index < -0.39 is 11.7 Å². The van der Waals surface area contributed by atoms with Crippen LogP contribution in [0.25, 0.3) is 0 Å². The minimum absolute atomic E-state index is 0.116. The number of amides is 2. The molecule has 156 valence electrons. The Morgan fingerprint density at radius 2 is 1.97 bits per heavy atom. The number of carbonyl (C=O) groups excluding carboxylic acids is 2. The summed E-state index contributed by atoms with van der Waals surface area (Å²) in [5.41, 5.74) is 0.929. The van der Waals surface area contributed by atoms with Gasteiger partial charge in [0.1, 0.15) is 5.60 Å². The van der Waals surface area contributed by atoms with E-state index in [9.17, 15) is 9.59 Å². The number of nitrogens with one attached hydrogen (secondary N) is 1. The van der Waals surface area contributed by atoms with E-state index in [0.29, 0.717) is 24.6 Å². The molecular weight excluding hydrogens is 368 g/mol. The molecule has 0 aromatic heterocycles. The minimum Gasteiger partial charge on any atom is -0.444 e. The molecule has 0 radical (unpaired) electrons. The predicted molar refractivity (Wildman–Crippen MR) is 110 cm³/mol. The third-order valence-corrected chi connectivity index (χ3v) is 5.41. The van der Waals surface area contributed by atoms with Crippen molar-refractivity contribution in [2.24, 2.45) is 5.92 Å². The van der Waals surface area contributed by atoms with Crippen LogP contribution in [0.15, 0.2) is 24.3 Å². The second-order valence-electron chi connectivity index (χ2n) is 8.84. The number of benzene rings is 1. The van der Waals surface area contributed by atoms with Crippen molar-refractivity contribution in [3.63, 3.8) is 0 Å². The summed E-state index contributed by atoms with van der Waals surface area (Å²) in [6.45, 7) is 8.49. The first-order valence-corrected chi connectivity index (χ1v) is 10.3. The molecule has 2 amide bonds. The normalized spacial score (nSPS) is 23.0. The summed E-state index contributed by atoms with van der Waals surface area (Å²) < 4.78 is 5.31. The van der Waals surface area contributed by atoms with Crippen LogP contribution in [0, 0.1) is 17.2 Å². The molecule has 0 spiro atoms. The molecule has 2 heterocycles. The van der Waals surface area contributed by atoms with E-state index in [0.717, 1.165) is 38.0 Å². The molecule has 2 saturated heterocycles. The fraction of sp³-hybridized carbons (Fsp3) is 0.591. The second kappa shape index (κ2) is 8.83. The van der Waals surface area contributed by atoms with Crippen molar-refractivity contribution < 1.29 is 14.3 Å². The molecular formula is C22H30N4O3. The van der Waals surface area contributed by atoms with Gasteiger partial charge in [-0.2, -0.15) is 5.26 Å². The lowest BCUT2D eigenvalue weighted by Gasteiger charge is -2.36. The third kappa shape index (κ3) is 5.48. The van der Waals surface area contributed by atoms with Crippen LogP contribution < -0.4 is 10.2 Å². The van der Waals surface area contributed by atoms with Crippen molar-refractivity contribution in [3.05, 3.63) is 29.8 Å². The van der Waals surface area contributed by atoms with Crippen molar-refractivity contribution in [3.8, 4) is 6.07 Å². The Labute approximate surface area is 172 Å². The lowest BCUT2D eigenvalue weighted by atomic mass is 9.96. The van der Waals surface area contributed by atoms with Crippen LogP contribution in [0.4, 0.5) is 10.5 Å². The van der Waals surface area contributed by atoms with Gasteiger partial charge in [0.15, 0.2) is 0 Å². The number of piperidine rings is 1. The molecule has 0 bridgehead atoms. The average Bonchev–Trinajstić information content (AvgIpc) is 3.07. The van der Waals surface area contributed by atoms with E-state index in [1.54, 1.807) is 12.1 Å². The summed E-state index contributed by atoms with van der Waals surface area (Å²) in [6.07, 6.45) is 2.46. The molecule has 7 nitrogen and oxygen atoms in total. The first-order chi connectivity index (χ1) is 13.8. The number of hydrogen-bond donors (Lipinski definition) is 1. The van der Waals surface area contributed by atoms with Gasteiger partial charge in [0.25, 0.3) is 0 Å². The number of likely N-dealkylation sites (tertiary alicyclic amines) is 1. The van der Waals surface area contributed by atoms with Crippen LogP contribution in [0.1, 0.15) is 45.6 Å². The smallest absolute Gasteiger partial charge is 0.407 e. The molecule has 7 heteroatoms. The van der Waals surface area contributed by atoms with E-state index in [4.69, 9.17) is 10.00 Å². The van der Waals surface area contributed by atoms with Gasteiger partial charge in [-0.1, -0.05) is 0 Å². The summed E-state index contributed by atoms with van der Waals surface area (Å²) in [5, 5.41) is 11.8. The number of hydrogen-bond acceptors (Lipinski definition) is 5. The molecule has 2 unspecified atom stereocenters. The van der Waals surface area contributed by atoms with Gasteiger partial charge in [0.05, 0.1) is 17.7 Å². The van der Waals surface area contributed by atoms with E-state index in [2.05, 4.69) is 16.3 Å². The van der Waals surface area contributed by atoms with Gasteiger partial charge in [-0.05, 0) is 76.8 Å². The monoisotopic (exact) mass is 398 g/mol. The van der Waals surface area contributed by atoms with Gasteiger partial charge in [0, 0.05) is 25.3 Å². The highest BCUT2D eigenvalue weighted by molar-refractivity contribution is 5.99. The summed E-state index contributed by atoms with van der Waals surface area (Å²) in [6, 6.07) is 9.15. The van der Waals surface area contributed by atoms with Gasteiger partial charge in [-0.15, -0.1) is 0 Å². The van der Waals surface area contributed by atoms with Crippen LogP contribution >= 0.6 is 0 Å². The average molecular weight is 399 g/mol. The Bertz CT molecular complexity index is 779. The Kier molecular flexibility index (Phi) is 6.43. The Morgan fingerprint density at radius 3 is 2.62 bits per heavy atom. The summed E-state index contributed by atoms with van der Waals surface area (Å²) >= 11 is 0. The number of carbonyl (C=O) groups is 2. The van der Waals surface area contributed by atoms with E-state index >= 15 is 0 Å². The van der Waals surface area contributed by atoms with Gasteiger partial charge in [0.2, 0.25) is 5.91 Å². The number of alkyl carbamates (subject to hydrolysis) is 1. The summed E-state index contributed by atoms with van der Waals surface area (Å²) in [4.78, 5) is 29.0. The lowest BCUT2D eigenvalue weighted by molar-refractivity contribution is -0.122. The minimum atomic E-state index is -0.506. The number of nitrogens with zero attached hydrogens (tertiary/aromatic N) is 3. The standard InChI is InChI=1S/C22H30N4O3/c1-22(2,3)29-21(28)24-14-17-5-4-11-25(15-17)19-10-12-26(20(19)27)18-8-6-16(13-23)7-9-18/h6-9,17,19H,4-5,10-12,14-15H2,1-3H3,(H,24,28). The Balaban J connectivity index is 1.54. The number of rotatable bonds is 4. The number of anilines is 1.